The van der Waals surface area contributed by atoms with Crippen LogP contribution < -0.4 is 9.19 Å². The molecule has 6 heteroatoms. The molecule has 0 radical (unpaired) electrons. The standard InChI is InChI=1S/C23H20NO2PS2/c1-3-10-18(11-4-1)22-23(19-12-5-2-6-13-19)26-27(28-16-9-17-29-27)24(22)20-14-7-8-15-21(20)25-27/h1-8,10-15H,9,16-17H2. The first-order chi connectivity index (χ1) is 14.3. The molecular weight excluding hydrogens is 417 g/mol. The van der Waals surface area contributed by atoms with Gasteiger partial charge in [0.25, 0.3) is 0 Å². The summed E-state index contributed by atoms with van der Waals surface area (Å²) in [5.41, 5.74) is 1.22. The summed E-state index contributed by atoms with van der Waals surface area (Å²) in [5.74, 6) is 3.93. The van der Waals surface area contributed by atoms with Gasteiger partial charge in [-0.25, -0.2) is 0 Å². The van der Waals surface area contributed by atoms with Crippen LogP contribution >= 0.6 is 28.4 Å². The van der Waals surface area contributed by atoms with Crippen molar-refractivity contribution in [1.29, 1.82) is 0 Å². The second-order valence-corrected chi connectivity index (χ2v) is 16.9. The SMILES string of the molecule is c1ccc(C2=C(c3ccccc3)N3c4ccccc4OP34(O2)SCCCS4)cc1. The molecule has 1 spiro atoms. The molecule has 3 aliphatic heterocycles. The van der Waals surface area contributed by atoms with E-state index >= 15 is 0 Å². The number of para-hydroxylation sites is 2. The molecule has 0 N–H and O–H groups in total. The van der Waals surface area contributed by atoms with Crippen LogP contribution in [0.2, 0.25) is 0 Å². The summed E-state index contributed by atoms with van der Waals surface area (Å²) >= 11 is 3.76. The molecule has 3 aromatic rings. The van der Waals surface area contributed by atoms with Gasteiger partial charge in [-0.3, -0.25) is 0 Å². The molecule has 3 heterocycles. The van der Waals surface area contributed by atoms with Crippen LogP contribution in [0, 0.1) is 0 Å². The molecule has 0 bridgehead atoms. The van der Waals surface area contributed by atoms with Crippen LogP contribution in [0.3, 0.4) is 0 Å². The molecule has 3 aromatic carbocycles. The van der Waals surface area contributed by atoms with E-state index in [9.17, 15) is 0 Å². The Kier molecular flexibility index (Phi) is 3.96. The van der Waals surface area contributed by atoms with Crippen LogP contribution in [0.5, 0.6) is 5.75 Å². The van der Waals surface area contributed by atoms with Crippen LogP contribution in [0.25, 0.3) is 11.5 Å². The first kappa shape index (κ1) is 17.8. The number of hydrogen-bond donors (Lipinski definition) is 0. The van der Waals surface area contributed by atoms with Gasteiger partial charge in [0.05, 0.1) is 0 Å². The van der Waals surface area contributed by atoms with Gasteiger partial charge in [-0.1, -0.05) is 0 Å². The van der Waals surface area contributed by atoms with E-state index in [4.69, 9.17) is 9.05 Å². The van der Waals surface area contributed by atoms with Crippen molar-refractivity contribution in [2.24, 2.45) is 0 Å². The predicted octanol–water partition coefficient (Wildman–Crippen LogP) is 7.44. The zero-order valence-electron chi connectivity index (χ0n) is 15.7. The minimum absolute atomic E-state index is 0.922. The monoisotopic (exact) mass is 437 g/mol. The third-order valence-corrected chi connectivity index (χ3v) is 16.6. The van der Waals surface area contributed by atoms with Crippen LogP contribution in [0.4, 0.5) is 5.69 Å². The van der Waals surface area contributed by atoms with Gasteiger partial charge in [0, 0.05) is 0 Å². The van der Waals surface area contributed by atoms with Gasteiger partial charge in [-0.15, -0.1) is 0 Å². The molecule has 3 aliphatic rings. The maximum absolute atomic E-state index is 7.08. The summed E-state index contributed by atoms with van der Waals surface area (Å²) in [4.78, 5) is 0. The van der Waals surface area contributed by atoms with Crippen molar-refractivity contribution in [2.45, 2.75) is 6.42 Å². The Balaban J connectivity index is 1.66. The number of rotatable bonds is 2. The molecule has 0 amide bonds. The average Bonchev–Trinajstić information content (AvgIpc) is 3.21. The van der Waals surface area contributed by atoms with Crippen molar-refractivity contribution in [3.8, 4) is 5.75 Å². The van der Waals surface area contributed by atoms with Crippen LogP contribution in [-0.2, 0) is 4.52 Å². The number of fused-ring (bicyclic) bond motifs is 2. The quantitative estimate of drug-likeness (QED) is 0.387. The summed E-state index contributed by atoms with van der Waals surface area (Å²) in [6.07, 6.45) is 1.17. The maximum atomic E-state index is 7.08. The van der Waals surface area contributed by atoms with Gasteiger partial charge >= 0.3 is 179 Å². The predicted molar refractivity (Wildman–Crippen MR) is 127 cm³/mol. The fourth-order valence-electron chi connectivity index (χ4n) is 4.11. The van der Waals surface area contributed by atoms with Crippen molar-refractivity contribution in [2.75, 3.05) is 16.2 Å². The van der Waals surface area contributed by atoms with Gasteiger partial charge in [-0.2, -0.15) is 0 Å². The zero-order valence-corrected chi connectivity index (χ0v) is 18.3. The molecule has 29 heavy (non-hydrogen) atoms. The molecule has 0 saturated carbocycles. The Labute approximate surface area is 178 Å². The molecule has 6 rings (SSSR count). The number of anilines is 1. The molecule has 0 aliphatic carbocycles. The van der Waals surface area contributed by atoms with Gasteiger partial charge in [-0.05, 0) is 0 Å². The first-order valence-electron chi connectivity index (χ1n) is 9.76. The van der Waals surface area contributed by atoms with Gasteiger partial charge < -0.3 is 0 Å². The van der Waals surface area contributed by atoms with E-state index in [1.165, 1.54) is 6.42 Å². The summed E-state index contributed by atoms with van der Waals surface area (Å²) < 4.78 is 16.4. The molecule has 3 nitrogen and oxygen atoms in total. The average molecular weight is 438 g/mol. The van der Waals surface area contributed by atoms with Crippen molar-refractivity contribution < 1.29 is 9.05 Å². The topological polar surface area (TPSA) is 21.7 Å². The summed E-state index contributed by atoms with van der Waals surface area (Å²) in [6.45, 7) is 0. The van der Waals surface area contributed by atoms with Gasteiger partial charge in [0.1, 0.15) is 0 Å². The fourth-order valence-corrected chi connectivity index (χ4v) is 16.3. The third kappa shape index (κ3) is 2.51. The molecule has 0 atom stereocenters. The van der Waals surface area contributed by atoms with E-state index in [0.29, 0.717) is 0 Å². The second-order valence-electron chi connectivity index (χ2n) is 7.17. The van der Waals surface area contributed by atoms with E-state index in [1.54, 1.807) is 0 Å². The molecule has 0 aromatic heterocycles. The molecule has 1 fully saturated rings. The molecule has 0 unspecified atom stereocenters. The molecule has 146 valence electrons. The second kappa shape index (κ2) is 6.46. The van der Waals surface area contributed by atoms with Gasteiger partial charge in [0.15, 0.2) is 0 Å². The Bertz CT molecular complexity index is 1110. The van der Waals surface area contributed by atoms with Crippen molar-refractivity contribution >= 4 is 45.5 Å². The van der Waals surface area contributed by atoms with Crippen molar-refractivity contribution in [3.63, 3.8) is 0 Å². The zero-order chi connectivity index (χ0) is 19.3. The summed E-state index contributed by atoms with van der Waals surface area (Å²) in [5, 5.41) is 0. The molecular formula is C23H20NO2PS2. The van der Waals surface area contributed by atoms with E-state index in [-0.39, 0.29) is 0 Å². The number of nitrogens with zero attached hydrogens (tertiary/aromatic N) is 1. The summed E-state index contributed by atoms with van der Waals surface area (Å²) in [7, 11) is 0. The van der Waals surface area contributed by atoms with Crippen LogP contribution in [0.1, 0.15) is 17.5 Å². The Morgan fingerprint density at radius 2 is 1.31 bits per heavy atom. The van der Waals surface area contributed by atoms with Crippen LogP contribution in [0.15, 0.2) is 84.9 Å². The normalized spacial score (nSPS) is 22.2. The van der Waals surface area contributed by atoms with Gasteiger partial charge in [0.2, 0.25) is 0 Å². The Morgan fingerprint density at radius 1 is 0.690 bits per heavy atom. The summed E-state index contributed by atoms with van der Waals surface area (Å²) in [6, 6.07) is 29.4. The minimum atomic E-state index is -3.24. The van der Waals surface area contributed by atoms with E-state index < -0.39 is 5.61 Å². The fraction of sp³-hybridized carbons (Fsp3) is 0.130. The Morgan fingerprint density at radius 3 is 2.03 bits per heavy atom. The number of benzene rings is 3. The van der Waals surface area contributed by atoms with Crippen molar-refractivity contribution in [3.05, 3.63) is 96.1 Å². The Hall–Kier alpha value is -2.07. The third-order valence-electron chi connectivity index (χ3n) is 5.33. The number of hydrogen-bond acceptors (Lipinski definition) is 5. The van der Waals surface area contributed by atoms with E-state index in [0.717, 1.165) is 45.5 Å². The van der Waals surface area contributed by atoms with E-state index in [1.807, 2.05) is 34.9 Å². The van der Waals surface area contributed by atoms with E-state index in [2.05, 4.69) is 77.5 Å². The van der Waals surface area contributed by atoms with Crippen LogP contribution in [-0.4, -0.2) is 11.5 Å². The molecule has 1 saturated heterocycles. The van der Waals surface area contributed by atoms with Crippen molar-refractivity contribution in [1.82, 2.24) is 0 Å². The first-order valence-corrected chi connectivity index (χ1v) is 15.0.